The van der Waals surface area contributed by atoms with Crippen LogP contribution in [-0.2, 0) is 16.1 Å². The van der Waals surface area contributed by atoms with Gasteiger partial charge in [-0.1, -0.05) is 18.2 Å². The Kier molecular flexibility index (Phi) is 3.41. The number of hydrogen-bond acceptors (Lipinski definition) is 3. The highest BCUT2D eigenvalue weighted by Crippen LogP contribution is 2.25. The van der Waals surface area contributed by atoms with E-state index in [1.54, 1.807) is 12.1 Å². The monoisotopic (exact) mass is 247 g/mol. The Morgan fingerprint density at radius 1 is 1.44 bits per heavy atom. The van der Waals surface area contributed by atoms with E-state index in [1.807, 2.05) is 12.1 Å². The summed E-state index contributed by atoms with van der Waals surface area (Å²) < 4.78 is 0. The van der Waals surface area contributed by atoms with Crippen LogP contribution in [-0.4, -0.2) is 34.2 Å². The van der Waals surface area contributed by atoms with Gasteiger partial charge in [-0.25, -0.2) is 4.79 Å². The molecule has 0 aromatic heterocycles. The van der Waals surface area contributed by atoms with Gasteiger partial charge in [-0.05, 0) is 18.1 Å². The highest BCUT2D eigenvalue weighted by atomic mass is 16.4. The second-order valence-corrected chi connectivity index (χ2v) is 4.19. The van der Waals surface area contributed by atoms with Crippen molar-refractivity contribution >= 4 is 18.2 Å². The zero-order chi connectivity index (χ0) is 13.1. The van der Waals surface area contributed by atoms with Crippen molar-refractivity contribution in [1.82, 2.24) is 4.90 Å². The summed E-state index contributed by atoms with van der Waals surface area (Å²) in [5, 5.41) is 9.15. The summed E-state index contributed by atoms with van der Waals surface area (Å²) in [6.07, 6.45) is 0.958. The molecular formula is C13H13NO4. The SMILES string of the molecule is O=CCCC(C(=O)O)N1Cc2ccccc2C1=O. The van der Waals surface area contributed by atoms with Gasteiger partial charge in [0.1, 0.15) is 12.3 Å². The summed E-state index contributed by atoms with van der Waals surface area (Å²) in [6.45, 7) is 0.296. The van der Waals surface area contributed by atoms with Crippen molar-refractivity contribution in [3.05, 3.63) is 35.4 Å². The second kappa shape index (κ2) is 5.00. The molecule has 1 aliphatic rings. The maximum Gasteiger partial charge on any atom is 0.326 e. The van der Waals surface area contributed by atoms with Gasteiger partial charge in [-0.15, -0.1) is 0 Å². The average molecular weight is 247 g/mol. The van der Waals surface area contributed by atoms with E-state index in [2.05, 4.69) is 0 Å². The normalized spacial score (nSPS) is 15.3. The minimum Gasteiger partial charge on any atom is -0.480 e. The van der Waals surface area contributed by atoms with Gasteiger partial charge >= 0.3 is 5.97 Å². The number of carbonyl (C=O) groups is 3. The summed E-state index contributed by atoms with van der Waals surface area (Å²) in [4.78, 5) is 34.9. The first kappa shape index (κ1) is 12.3. The van der Waals surface area contributed by atoms with Crippen molar-refractivity contribution in [3.8, 4) is 0 Å². The standard InChI is InChI=1S/C13H13NO4/c15-7-3-6-11(13(17)18)14-8-9-4-1-2-5-10(9)12(14)16/h1-2,4-5,7,11H,3,6,8H2,(H,17,18). The molecule has 1 heterocycles. The zero-order valence-corrected chi connectivity index (χ0v) is 9.70. The van der Waals surface area contributed by atoms with Crippen LogP contribution < -0.4 is 0 Å². The van der Waals surface area contributed by atoms with E-state index in [1.165, 1.54) is 4.90 Å². The number of carboxylic acid groups (broad SMARTS) is 1. The molecule has 1 unspecified atom stereocenters. The predicted molar refractivity (Wildman–Crippen MR) is 63.0 cm³/mol. The van der Waals surface area contributed by atoms with Crippen LogP contribution in [0.15, 0.2) is 24.3 Å². The highest BCUT2D eigenvalue weighted by molar-refractivity contribution is 6.00. The molecule has 5 nitrogen and oxygen atoms in total. The highest BCUT2D eigenvalue weighted by Gasteiger charge is 2.35. The van der Waals surface area contributed by atoms with E-state index >= 15 is 0 Å². The van der Waals surface area contributed by atoms with Crippen molar-refractivity contribution in [1.29, 1.82) is 0 Å². The van der Waals surface area contributed by atoms with Crippen LogP contribution in [0.2, 0.25) is 0 Å². The van der Waals surface area contributed by atoms with E-state index in [0.717, 1.165) is 5.56 Å². The minimum absolute atomic E-state index is 0.136. The Bertz CT molecular complexity index is 498. The molecule has 1 atom stereocenters. The van der Waals surface area contributed by atoms with E-state index in [4.69, 9.17) is 5.11 Å². The summed E-state index contributed by atoms with van der Waals surface area (Å²) in [5.74, 6) is -1.35. The second-order valence-electron chi connectivity index (χ2n) is 4.19. The molecular weight excluding hydrogens is 234 g/mol. The molecule has 1 aromatic carbocycles. The molecule has 1 amide bonds. The van der Waals surface area contributed by atoms with Crippen LogP contribution in [0.4, 0.5) is 0 Å². The van der Waals surface area contributed by atoms with Gasteiger partial charge in [-0.2, -0.15) is 0 Å². The Hall–Kier alpha value is -2.17. The summed E-state index contributed by atoms with van der Waals surface area (Å²) in [6, 6.07) is 6.13. The fourth-order valence-electron chi connectivity index (χ4n) is 2.17. The number of aldehydes is 1. The van der Waals surface area contributed by atoms with Crippen molar-refractivity contribution in [2.24, 2.45) is 0 Å². The first-order valence-corrected chi connectivity index (χ1v) is 5.70. The van der Waals surface area contributed by atoms with Gasteiger partial charge in [0.25, 0.3) is 5.91 Å². The van der Waals surface area contributed by atoms with Crippen LogP contribution >= 0.6 is 0 Å². The lowest BCUT2D eigenvalue weighted by atomic mass is 10.1. The van der Waals surface area contributed by atoms with Gasteiger partial charge < -0.3 is 14.8 Å². The quantitative estimate of drug-likeness (QED) is 0.790. The third kappa shape index (κ3) is 2.11. The van der Waals surface area contributed by atoms with Gasteiger partial charge in [-0.3, -0.25) is 4.79 Å². The van der Waals surface area contributed by atoms with Crippen LogP contribution in [0.3, 0.4) is 0 Å². The number of carbonyl (C=O) groups excluding carboxylic acids is 2. The Morgan fingerprint density at radius 2 is 2.17 bits per heavy atom. The zero-order valence-electron chi connectivity index (χ0n) is 9.70. The summed E-state index contributed by atoms with van der Waals surface area (Å²) in [5.41, 5.74) is 1.38. The van der Waals surface area contributed by atoms with Crippen molar-refractivity contribution < 1.29 is 19.5 Å². The first-order valence-electron chi connectivity index (χ1n) is 5.70. The number of nitrogens with zero attached hydrogens (tertiary/aromatic N) is 1. The third-order valence-electron chi connectivity index (χ3n) is 3.07. The molecule has 0 saturated carbocycles. The molecule has 0 radical (unpaired) electrons. The summed E-state index contributed by atoms with van der Waals surface area (Å²) >= 11 is 0. The molecule has 0 spiro atoms. The van der Waals surface area contributed by atoms with E-state index < -0.39 is 12.0 Å². The minimum atomic E-state index is -1.07. The largest absolute Gasteiger partial charge is 0.480 e. The number of fused-ring (bicyclic) bond motifs is 1. The Morgan fingerprint density at radius 3 is 2.78 bits per heavy atom. The molecule has 5 heteroatoms. The molecule has 0 aliphatic carbocycles. The maximum atomic E-state index is 12.1. The van der Waals surface area contributed by atoms with Gasteiger partial charge in [0.15, 0.2) is 0 Å². The fraction of sp³-hybridized carbons (Fsp3) is 0.308. The van der Waals surface area contributed by atoms with E-state index in [-0.39, 0.29) is 18.7 Å². The lowest BCUT2D eigenvalue weighted by Gasteiger charge is -2.23. The number of hydrogen-bond donors (Lipinski definition) is 1. The van der Waals surface area contributed by atoms with E-state index in [0.29, 0.717) is 18.4 Å². The topological polar surface area (TPSA) is 74.7 Å². The molecule has 18 heavy (non-hydrogen) atoms. The average Bonchev–Trinajstić information content (AvgIpc) is 2.68. The van der Waals surface area contributed by atoms with Crippen molar-refractivity contribution in [2.75, 3.05) is 0 Å². The van der Waals surface area contributed by atoms with Crippen molar-refractivity contribution in [2.45, 2.75) is 25.4 Å². The Balaban J connectivity index is 2.22. The molecule has 0 bridgehead atoms. The number of amides is 1. The van der Waals surface area contributed by atoms with Crippen LogP contribution in [0.1, 0.15) is 28.8 Å². The lowest BCUT2D eigenvalue weighted by molar-refractivity contribution is -0.142. The first-order chi connectivity index (χ1) is 8.65. The fourth-order valence-corrected chi connectivity index (χ4v) is 2.17. The van der Waals surface area contributed by atoms with Crippen molar-refractivity contribution in [3.63, 3.8) is 0 Å². The van der Waals surface area contributed by atoms with Crippen LogP contribution in [0.25, 0.3) is 0 Å². The number of carboxylic acids is 1. The number of rotatable bonds is 5. The smallest absolute Gasteiger partial charge is 0.326 e. The predicted octanol–water partition coefficient (Wildman–Crippen LogP) is 1.07. The molecule has 1 N–H and O–H groups in total. The third-order valence-corrected chi connectivity index (χ3v) is 3.07. The Labute approximate surface area is 104 Å². The van der Waals surface area contributed by atoms with Crippen LogP contribution in [0.5, 0.6) is 0 Å². The summed E-state index contributed by atoms with van der Waals surface area (Å²) in [7, 11) is 0. The molecule has 1 aliphatic heterocycles. The molecule has 1 aromatic rings. The molecule has 0 fully saturated rings. The van der Waals surface area contributed by atoms with Gasteiger partial charge in [0.2, 0.25) is 0 Å². The molecule has 2 rings (SSSR count). The van der Waals surface area contributed by atoms with Gasteiger partial charge in [0.05, 0.1) is 0 Å². The molecule has 0 saturated heterocycles. The molecule has 94 valence electrons. The maximum absolute atomic E-state index is 12.1. The van der Waals surface area contributed by atoms with Gasteiger partial charge in [0, 0.05) is 18.5 Å². The lowest BCUT2D eigenvalue weighted by Crippen LogP contribution is -2.41. The van der Waals surface area contributed by atoms with Crippen LogP contribution in [0, 0.1) is 0 Å². The van der Waals surface area contributed by atoms with E-state index in [9.17, 15) is 14.4 Å². The number of benzene rings is 1. The number of aliphatic carboxylic acids is 1.